The Morgan fingerprint density at radius 2 is 1.35 bits per heavy atom. The summed E-state index contributed by atoms with van der Waals surface area (Å²) in [4.78, 5) is 51.7. The van der Waals surface area contributed by atoms with Gasteiger partial charge in [0.2, 0.25) is 0 Å². The Hall–Kier alpha value is -4.76. The van der Waals surface area contributed by atoms with Crippen LogP contribution in [0.2, 0.25) is 0 Å². The fourth-order valence-electron chi connectivity index (χ4n) is 3.54. The van der Waals surface area contributed by atoms with E-state index in [9.17, 15) is 19.2 Å². The maximum atomic E-state index is 13.3. The molecule has 0 saturated carbocycles. The average Bonchev–Trinajstić information content (AvgIpc) is 3.48. The highest BCUT2D eigenvalue weighted by atomic mass is 32.1. The highest BCUT2D eigenvalue weighted by Crippen LogP contribution is 2.17. The number of para-hydroxylation sites is 1. The largest absolute Gasteiger partial charge is 0.340 e. The smallest absolute Gasteiger partial charge is 0.279 e. The second-order valence-corrected chi connectivity index (χ2v) is 8.95. The zero-order valence-corrected chi connectivity index (χ0v) is 20.5. The maximum Gasteiger partial charge on any atom is 0.279 e. The number of rotatable bonds is 8. The van der Waals surface area contributed by atoms with Crippen LogP contribution in [-0.4, -0.2) is 29.7 Å². The van der Waals surface area contributed by atoms with Gasteiger partial charge in [0.15, 0.2) is 0 Å². The third kappa shape index (κ3) is 6.89. The molecular weight excluding hydrogens is 488 g/mol. The minimum absolute atomic E-state index is 0.186. The van der Waals surface area contributed by atoms with Crippen molar-refractivity contribution >= 4 is 40.7 Å². The first-order valence-electron chi connectivity index (χ1n) is 11.4. The number of carbonyl (C=O) groups is 4. The van der Waals surface area contributed by atoms with Gasteiger partial charge in [-0.3, -0.25) is 30.0 Å². The lowest BCUT2D eigenvalue weighted by atomic mass is 10.0. The molecule has 0 radical (unpaired) electrons. The fourth-order valence-corrected chi connectivity index (χ4v) is 4.16. The molecule has 0 aliphatic carbocycles. The number of hydrazine groups is 1. The van der Waals surface area contributed by atoms with Crippen LogP contribution in [0.4, 0.5) is 5.69 Å². The summed E-state index contributed by atoms with van der Waals surface area (Å²) in [6, 6.07) is 26.7. The molecule has 1 heterocycles. The van der Waals surface area contributed by atoms with Gasteiger partial charge in [0.1, 0.15) is 6.04 Å². The topological polar surface area (TPSA) is 116 Å². The summed E-state index contributed by atoms with van der Waals surface area (Å²) in [5.74, 6) is -1.96. The third-order valence-electron chi connectivity index (χ3n) is 5.40. The van der Waals surface area contributed by atoms with Gasteiger partial charge in [-0.05, 0) is 41.3 Å². The van der Waals surface area contributed by atoms with Crippen molar-refractivity contribution in [1.29, 1.82) is 0 Å². The maximum absolute atomic E-state index is 13.3. The Morgan fingerprint density at radius 1 is 0.676 bits per heavy atom. The minimum Gasteiger partial charge on any atom is -0.340 e. The van der Waals surface area contributed by atoms with E-state index in [0.29, 0.717) is 16.1 Å². The number of hydrogen-bond acceptors (Lipinski definition) is 5. The Bertz CT molecular complexity index is 1380. The molecule has 0 aliphatic rings. The van der Waals surface area contributed by atoms with E-state index in [2.05, 4.69) is 21.5 Å². The van der Waals surface area contributed by atoms with Crippen molar-refractivity contribution in [1.82, 2.24) is 16.2 Å². The normalized spacial score (nSPS) is 11.1. The van der Waals surface area contributed by atoms with Gasteiger partial charge >= 0.3 is 0 Å². The van der Waals surface area contributed by atoms with E-state index < -0.39 is 23.8 Å². The van der Waals surface area contributed by atoms with Crippen LogP contribution in [0.25, 0.3) is 0 Å². The van der Waals surface area contributed by atoms with E-state index in [1.165, 1.54) is 11.3 Å². The molecule has 3 aromatic carbocycles. The zero-order chi connectivity index (χ0) is 26.0. The van der Waals surface area contributed by atoms with Gasteiger partial charge < -0.3 is 10.6 Å². The molecule has 0 saturated heterocycles. The predicted molar refractivity (Wildman–Crippen MR) is 142 cm³/mol. The summed E-state index contributed by atoms with van der Waals surface area (Å²) in [5, 5.41) is 7.26. The van der Waals surface area contributed by atoms with Crippen molar-refractivity contribution in [3.63, 3.8) is 0 Å². The molecule has 1 aromatic heterocycles. The van der Waals surface area contributed by atoms with Crippen LogP contribution in [-0.2, 0) is 11.2 Å². The van der Waals surface area contributed by atoms with Crippen molar-refractivity contribution in [2.24, 2.45) is 0 Å². The van der Waals surface area contributed by atoms with E-state index in [1.54, 1.807) is 72.1 Å². The summed E-state index contributed by atoms with van der Waals surface area (Å²) < 4.78 is 0. The molecule has 0 unspecified atom stereocenters. The first kappa shape index (κ1) is 25.3. The van der Waals surface area contributed by atoms with Crippen molar-refractivity contribution < 1.29 is 19.2 Å². The highest BCUT2D eigenvalue weighted by Gasteiger charge is 2.24. The Morgan fingerprint density at radius 3 is 2.05 bits per heavy atom. The van der Waals surface area contributed by atoms with Gasteiger partial charge in [-0.25, -0.2) is 0 Å². The molecule has 0 fully saturated rings. The molecule has 37 heavy (non-hydrogen) atoms. The molecule has 0 spiro atoms. The lowest BCUT2D eigenvalue weighted by Crippen LogP contribution is -2.53. The van der Waals surface area contributed by atoms with Crippen molar-refractivity contribution in [2.45, 2.75) is 12.5 Å². The second kappa shape index (κ2) is 12.3. The van der Waals surface area contributed by atoms with E-state index >= 15 is 0 Å². The molecule has 186 valence electrons. The monoisotopic (exact) mass is 512 g/mol. The molecule has 4 N–H and O–H groups in total. The quantitative estimate of drug-likeness (QED) is 0.269. The van der Waals surface area contributed by atoms with Gasteiger partial charge in [-0.15, -0.1) is 11.3 Å². The fraction of sp³-hybridized carbons (Fsp3) is 0.0714. The summed E-state index contributed by atoms with van der Waals surface area (Å²) >= 11 is 1.24. The number of nitrogens with one attached hydrogen (secondary N) is 4. The molecule has 0 bridgehead atoms. The van der Waals surface area contributed by atoms with E-state index in [0.717, 1.165) is 5.56 Å². The predicted octanol–water partition coefficient (Wildman–Crippen LogP) is 3.80. The lowest BCUT2D eigenvalue weighted by molar-refractivity contribution is -0.123. The van der Waals surface area contributed by atoms with Gasteiger partial charge in [0, 0.05) is 12.0 Å². The number of benzene rings is 3. The zero-order valence-electron chi connectivity index (χ0n) is 19.6. The van der Waals surface area contributed by atoms with Gasteiger partial charge in [-0.1, -0.05) is 66.7 Å². The van der Waals surface area contributed by atoms with Crippen molar-refractivity contribution in [3.05, 3.63) is 124 Å². The number of amides is 4. The van der Waals surface area contributed by atoms with E-state index in [-0.39, 0.29) is 17.9 Å². The summed E-state index contributed by atoms with van der Waals surface area (Å²) in [7, 11) is 0. The van der Waals surface area contributed by atoms with Crippen LogP contribution >= 0.6 is 11.3 Å². The Kier molecular flexibility index (Phi) is 8.41. The van der Waals surface area contributed by atoms with Crippen LogP contribution in [0.3, 0.4) is 0 Å². The lowest BCUT2D eigenvalue weighted by Gasteiger charge is -2.20. The molecule has 9 heteroatoms. The van der Waals surface area contributed by atoms with Crippen LogP contribution in [0.1, 0.15) is 36.0 Å². The molecular formula is C28H24N4O4S. The van der Waals surface area contributed by atoms with Crippen LogP contribution in [0, 0.1) is 0 Å². The SMILES string of the molecule is O=C(Nc1ccccc1C(=O)N[C@H](Cc1ccccc1)C(=O)NNC(=O)c1cccs1)c1ccccc1. The highest BCUT2D eigenvalue weighted by molar-refractivity contribution is 7.12. The minimum atomic E-state index is -1.00. The van der Waals surface area contributed by atoms with Crippen molar-refractivity contribution in [2.75, 3.05) is 5.32 Å². The van der Waals surface area contributed by atoms with Gasteiger partial charge in [0.05, 0.1) is 16.1 Å². The summed E-state index contributed by atoms with van der Waals surface area (Å²) in [6.07, 6.45) is 0.186. The first-order valence-corrected chi connectivity index (χ1v) is 12.3. The molecule has 4 amide bonds. The number of hydrogen-bond donors (Lipinski definition) is 4. The van der Waals surface area contributed by atoms with E-state index in [1.807, 2.05) is 30.3 Å². The second-order valence-electron chi connectivity index (χ2n) is 8.00. The third-order valence-corrected chi connectivity index (χ3v) is 6.27. The number of anilines is 1. The molecule has 8 nitrogen and oxygen atoms in total. The summed E-state index contributed by atoms with van der Waals surface area (Å²) in [5.41, 5.74) is 6.55. The van der Waals surface area contributed by atoms with Crippen molar-refractivity contribution in [3.8, 4) is 0 Å². The standard InChI is InChI=1S/C28H24N4O4S/c33-25(20-12-5-2-6-13-20)29-22-15-8-7-14-21(22)26(34)30-23(18-19-10-3-1-4-11-19)27(35)31-32-28(36)24-16-9-17-37-24/h1-17,23H,18H2,(H,29,33)(H,30,34)(H,31,35)(H,32,36)/t23-/m1/s1. The Balaban J connectivity index is 1.49. The van der Waals surface area contributed by atoms with Crippen LogP contribution in [0.15, 0.2) is 102 Å². The number of carbonyl (C=O) groups excluding carboxylic acids is 4. The van der Waals surface area contributed by atoms with Crippen LogP contribution in [0.5, 0.6) is 0 Å². The average molecular weight is 513 g/mol. The van der Waals surface area contributed by atoms with Crippen LogP contribution < -0.4 is 21.5 Å². The Labute approximate surface area is 217 Å². The number of thiophene rings is 1. The molecule has 4 aromatic rings. The first-order chi connectivity index (χ1) is 18.0. The van der Waals surface area contributed by atoms with Gasteiger partial charge in [0.25, 0.3) is 23.6 Å². The summed E-state index contributed by atoms with van der Waals surface area (Å²) in [6.45, 7) is 0. The molecule has 0 aliphatic heterocycles. The van der Waals surface area contributed by atoms with Gasteiger partial charge in [-0.2, -0.15) is 0 Å². The van der Waals surface area contributed by atoms with E-state index in [4.69, 9.17) is 0 Å². The molecule has 1 atom stereocenters. The molecule has 4 rings (SSSR count).